The third-order valence-electron chi connectivity index (χ3n) is 3.53. The van der Waals surface area contributed by atoms with Gasteiger partial charge in [0.25, 0.3) is 5.91 Å². The van der Waals surface area contributed by atoms with Crippen molar-refractivity contribution >= 4 is 35.3 Å². The average Bonchev–Trinajstić information content (AvgIpc) is 2.89. The predicted octanol–water partition coefficient (Wildman–Crippen LogP) is 3.56. The topological polar surface area (TPSA) is 55.1 Å². The van der Waals surface area contributed by atoms with Crippen LogP contribution < -0.4 is 11.1 Å². The Kier molecular flexibility index (Phi) is 4.68. The van der Waals surface area contributed by atoms with E-state index in [0.29, 0.717) is 11.3 Å². The summed E-state index contributed by atoms with van der Waals surface area (Å²) in [7, 11) is 0. The normalized spacial score (nSPS) is 16.9. The molecule has 0 saturated carbocycles. The van der Waals surface area contributed by atoms with Crippen molar-refractivity contribution in [2.75, 3.05) is 5.73 Å². The van der Waals surface area contributed by atoms with Crippen molar-refractivity contribution in [3.8, 4) is 0 Å². The van der Waals surface area contributed by atoms with E-state index in [9.17, 15) is 4.79 Å². The van der Waals surface area contributed by atoms with Crippen LogP contribution in [0.3, 0.4) is 0 Å². The fourth-order valence-corrected chi connectivity index (χ4v) is 3.50. The van der Waals surface area contributed by atoms with Crippen molar-refractivity contribution in [3.63, 3.8) is 0 Å². The van der Waals surface area contributed by atoms with Crippen molar-refractivity contribution in [3.05, 3.63) is 51.7 Å². The second-order valence-electron chi connectivity index (χ2n) is 4.84. The Morgan fingerprint density at radius 1 is 1.25 bits per heavy atom. The summed E-state index contributed by atoms with van der Waals surface area (Å²) in [4.78, 5) is 13.6. The highest BCUT2D eigenvalue weighted by Crippen LogP contribution is 2.33. The molecule has 3 N–H and O–H groups in total. The molecule has 0 spiro atoms. The first kappa shape index (κ1) is 14.9. The predicted molar refractivity (Wildman–Crippen MR) is 85.6 cm³/mol. The van der Waals surface area contributed by atoms with Crippen molar-refractivity contribution < 1.29 is 4.79 Å². The Hall–Kier alpha value is -1.52. The van der Waals surface area contributed by atoms with E-state index in [1.165, 1.54) is 10.4 Å². The van der Waals surface area contributed by atoms with Crippen LogP contribution in [0.4, 0.5) is 5.69 Å². The van der Waals surface area contributed by atoms with E-state index in [-0.39, 0.29) is 24.4 Å². The quantitative estimate of drug-likeness (QED) is 0.833. The van der Waals surface area contributed by atoms with Crippen LogP contribution in [0.5, 0.6) is 0 Å². The number of aryl methyl sites for hydroxylation is 1. The molecule has 1 aromatic heterocycles. The molecule has 5 heteroatoms. The summed E-state index contributed by atoms with van der Waals surface area (Å²) in [5.41, 5.74) is 8.26. The summed E-state index contributed by atoms with van der Waals surface area (Å²) >= 11 is 1.79. The van der Waals surface area contributed by atoms with Crippen LogP contribution in [0.15, 0.2) is 35.7 Å². The minimum Gasteiger partial charge on any atom is -0.399 e. The molecule has 1 atom stereocenters. The number of carbonyl (C=O) groups is 1. The number of amides is 1. The number of fused-ring (bicyclic) bond motifs is 1. The van der Waals surface area contributed by atoms with Gasteiger partial charge in [0.15, 0.2) is 0 Å². The van der Waals surface area contributed by atoms with E-state index >= 15 is 0 Å². The van der Waals surface area contributed by atoms with E-state index < -0.39 is 0 Å². The van der Waals surface area contributed by atoms with Gasteiger partial charge in [-0.1, -0.05) is 0 Å². The Balaban J connectivity index is 0.00000147. The number of rotatable bonds is 2. The summed E-state index contributed by atoms with van der Waals surface area (Å²) in [6.45, 7) is 0. The van der Waals surface area contributed by atoms with E-state index in [2.05, 4.69) is 16.8 Å². The van der Waals surface area contributed by atoms with Crippen LogP contribution in [-0.2, 0) is 6.42 Å². The monoisotopic (exact) mass is 308 g/mol. The average molecular weight is 309 g/mol. The number of hydrogen-bond donors (Lipinski definition) is 2. The molecule has 1 aromatic carbocycles. The molecule has 106 valence electrons. The summed E-state index contributed by atoms with van der Waals surface area (Å²) in [6.07, 6.45) is 3.30. The molecule has 0 bridgehead atoms. The first-order valence-corrected chi connectivity index (χ1v) is 7.34. The number of benzene rings is 1. The van der Waals surface area contributed by atoms with Crippen molar-refractivity contribution in [2.24, 2.45) is 0 Å². The fourth-order valence-electron chi connectivity index (χ4n) is 2.51. The molecule has 20 heavy (non-hydrogen) atoms. The zero-order valence-electron chi connectivity index (χ0n) is 11.0. The first-order valence-electron chi connectivity index (χ1n) is 6.47. The van der Waals surface area contributed by atoms with Gasteiger partial charge >= 0.3 is 0 Å². The maximum atomic E-state index is 12.2. The van der Waals surface area contributed by atoms with Crippen molar-refractivity contribution in [1.29, 1.82) is 0 Å². The molecular formula is C15H17ClN2OS. The van der Waals surface area contributed by atoms with Crippen molar-refractivity contribution in [1.82, 2.24) is 5.32 Å². The number of nitrogen functional groups attached to an aromatic ring is 1. The second-order valence-corrected chi connectivity index (χ2v) is 5.84. The van der Waals surface area contributed by atoms with Gasteiger partial charge in [0.05, 0.1) is 6.04 Å². The molecule has 3 rings (SSSR count). The summed E-state index contributed by atoms with van der Waals surface area (Å²) in [5, 5.41) is 5.23. The van der Waals surface area contributed by atoms with E-state index in [1.54, 1.807) is 35.6 Å². The smallest absolute Gasteiger partial charge is 0.251 e. The standard InChI is InChI=1S/C15H16N2OS.ClH/c16-11-6-4-10(5-7-11)15(18)17-13-2-1-3-14-12(13)8-9-19-14;/h4-9,13H,1-3,16H2,(H,17,18);1H. The minimum absolute atomic E-state index is 0. The third kappa shape index (κ3) is 2.97. The third-order valence-corrected chi connectivity index (χ3v) is 4.53. The number of halogens is 1. The van der Waals surface area contributed by atoms with Crippen LogP contribution in [0.25, 0.3) is 0 Å². The summed E-state index contributed by atoms with van der Waals surface area (Å²) in [6, 6.07) is 9.33. The maximum absolute atomic E-state index is 12.2. The lowest BCUT2D eigenvalue weighted by Crippen LogP contribution is -2.30. The molecular weight excluding hydrogens is 292 g/mol. The van der Waals surface area contributed by atoms with Gasteiger partial charge in [-0.25, -0.2) is 0 Å². The number of carbonyl (C=O) groups excluding carboxylic acids is 1. The molecule has 1 heterocycles. The molecule has 0 radical (unpaired) electrons. The van der Waals surface area contributed by atoms with Gasteiger partial charge < -0.3 is 11.1 Å². The number of thiophene rings is 1. The SMILES string of the molecule is Cl.Nc1ccc(C(=O)NC2CCCc3sccc32)cc1. The highest BCUT2D eigenvalue weighted by atomic mass is 35.5. The zero-order valence-corrected chi connectivity index (χ0v) is 12.6. The van der Waals surface area contributed by atoms with Crippen LogP contribution in [0, 0.1) is 0 Å². The van der Waals surface area contributed by atoms with Gasteiger partial charge in [0.1, 0.15) is 0 Å². The molecule has 1 aliphatic carbocycles. The van der Waals surface area contributed by atoms with Gasteiger partial charge in [-0.2, -0.15) is 0 Å². The lowest BCUT2D eigenvalue weighted by Gasteiger charge is -2.23. The molecule has 1 amide bonds. The Morgan fingerprint density at radius 2 is 2.00 bits per heavy atom. The number of hydrogen-bond acceptors (Lipinski definition) is 3. The van der Waals surface area contributed by atoms with E-state index in [1.807, 2.05) is 0 Å². The van der Waals surface area contributed by atoms with Crippen LogP contribution >= 0.6 is 23.7 Å². The molecule has 2 aromatic rings. The second kappa shape index (κ2) is 6.29. The van der Waals surface area contributed by atoms with Crippen LogP contribution in [0.1, 0.15) is 39.7 Å². The van der Waals surface area contributed by atoms with Crippen molar-refractivity contribution in [2.45, 2.75) is 25.3 Å². The highest BCUT2D eigenvalue weighted by molar-refractivity contribution is 7.10. The molecule has 3 nitrogen and oxygen atoms in total. The summed E-state index contributed by atoms with van der Waals surface area (Å²) in [5.74, 6) is -0.0240. The first-order chi connectivity index (χ1) is 9.24. The number of anilines is 1. The van der Waals surface area contributed by atoms with E-state index in [0.717, 1.165) is 19.3 Å². The molecule has 1 aliphatic rings. The van der Waals surface area contributed by atoms with Gasteiger partial charge in [0.2, 0.25) is 0 Å². The summed E-state index contributed by atoms with van der Waals surface area (Å²) < 4.78 is 0. The zero-order chi connectivity index (χ0) is 13.2. The molecule has 0 aliphatic heterocycles. The maximum Gasteiger partial charge on any atom is 0.251 e. The Bertz CT molecular complexity index is 594. The number of nitrogens with one attached hydrogen (secondary N) is 1. The molecule has 1 unspecified atom stereocenters. The van der Waals surface area contributed by atoms with E-state index in [4.69, 9.17) is 5.73 Å². The van der Waals surface area contributed by atoms with Gasteiger partial charge in [0, 0.05) is 16.1 Å². The lowest BCUT2D eigenvalue weighted by molar-refractivity contribution is 0.0933. The van der Waals surface area contributed by atoms with Crippen LogP contribution in [-0.4, -0.2) is 5.91 Å². The number of nitrogens with two attached hydrogens (primary N) is 1. The lowest BCUT2D eigenvalue weighted by atomic mass is 9.94. The largest absolute Gasteiger partial charge is 0.399 e. The van der Waals surface area contributed by atoms with Gasteiger partial charge in [-0.15, -0.1) is 23.7 Å². The minimum atomic E-state index is -0.0240. The highest BCUT2D eigenvalue weighted by Gasteiger charge is 2.22. The van der Waals surface area contributed by atoms with Gasteiger partial charge in [-0.05, 0) is 60.5 Å². The van der Waals surface area contributed by atoms with Gasteiger partial charge in [-0.3, -0.25) is 4.79 Å². The fraction of sp³-hybridized carbons (Fsp3) is 0.267. The Labute approximate surface area is 128 Å². The molecule has 0 fully saturated rings. The van der Waals surface area contributed by atoms with Crippen LogP contribution in [0.2, 0.25) is 0 Å². The Morgan fingerprint density at radius 3 is 2.75 bits per heavy atom. The molecule has 0 saturated heterocycles.